The summed E-state index contributed by atoms with van der Waals surface area (Å²) in [7, 11) is 0. The minimum Gasteiger partial charge on any atom is -0.462 e. The van der Waals surface area contributed by atoms with Gasteiger partial charge in [-0.1, -0.05) is 47.1 Å². The third-order valence-electron chi connectivity index (χ3n) is 11.2. The van der Waals surface area contributed by atoms with Gasteiger partial charge in [0.2, 0.25) is 0 Å². The van der Waals surface area contributed by atoms with Crippen molar-refractivity contribution < 1.29 is 19.4 Å². The molecule has 4 nitrogen and oxygen atoms in total. The molecule has 0 bridgehead atoms. The topological polar surface area (TPSA) is 55.8 Å². The molecule has 4 heteroatoms. The van der Waals surface area contributed by atoms with E-state index in [1.54, 1.807) is 6.92 Å². The lowest BCUT2D eigenvalue weighted by molar-refractivity contribution is -0.253. The van der Waals surface area contributed by atoms with Crippen LogP contribution in [0, 0.1) is 45.3 Å². The van der Waals surface area contributed by atoms with Crippen molar-refractivity contribution in [2.75, 3.05) is 6.61 Å². The lowest BCUT2D eigenvalue weighted by Crippen LogP contribution is -2.67. The number of allylic oxidation sites excluding steroid dienone is 1. The third kappa shape index (κ3) is 2.82. The Bertz CT molecular complexity index is 801. The van der Waals surface area contributed by atoms with Gasteiger partial charge in [0.15, 0.2) is 6.29 Å². The molecule has 5 aliphatic rings. The molecule has 0 aromatic heterocycles. The summed E-state index contributed by atoms with van der Waals surface area (Å²) in [5.41, 5.74) is 1.77. The summed E-state index contributed by atoms with van der Waals surface area (Å²) in [6.45, 7) is 14.4. The molecule has 0 radical (unpaired) electrons. The SMILES string of the molecule is CC(=O)O[C@@H]1C[C@@H]2[C@@]3(C)CCCC(C)(C)[C@@H]3CC[C@@]2(C)[C@@H]2CC=C3CO[C@@H](O)[C@H]3[C@@]12C. The molecular formula is C27H42O4. The molecule has 1 saturated heterocycles. The van der Waals surface area contributed by atoms with Crippen molar-refractivity contribution in [2.24, 2.45) is 45.3 Å². The number of carbonyl (C=O) groups excluding carboxylic acids is 1. The monoisotopic (exact) mass is 430 g/mol. The summed E-state index contributed by atoms with van der Waals surface area (Å²) in [6, 6.07) is 0. The van der Waals surface area contributed by atoms with Crippen LogP contribution in [0.2, 0.25) is 0 Å². The minimum absolute atomic E-state index is 0.0679. The van der Waals surface area contributed by atoms with Gasteiger partial charge in [0.1, 0.15) is 6.10 Å². The van der Waals surface area contributed by atoms with Gasteiger partial charge in [0.05, 0.1) is 6.61 Å². The quantitative estimate of drug-likeness (QED) is 0.442. The predicted molar refractivity (Wildman–Crippen MR) is 120 cm³/mol. The molecule has 0 aromatic rings. The number of aliphatic hydroxyl groups excluding tert-OH is 1. The molecule has 5 rings (SSSR count). The molecule has 4 aliphatic carbocycles. The Kier molecular flexibility index (Phi) is 4.83. The second-order valence-electron chi connectivity index (χ2n) is 12.9. The first-order chi connectivity index (χ1) is 14.4. The lowest BCUT2D eigenvalue weighted by atomic mass is 9.34. The number of esters is 1. The second kappa shape index (κ2) is 6.82. The minimum atomic E-state index is -0.794. The van der Waals surface area contributed by atoms with Crippen LogP contribution in [0.25, 0.3) is 0 Å². The number of ether oxygens (including phenoxy) is 2. The molecule has 0 unspecified atom stereocenters. The number of rotatable bonds is 1. The van der Waals surface area contributed by atoms with Gasteiger partial charge >= 0.3 is 5.97 Å². The Morgan fingerprint density at radius 2 is 1.77 bits per heavy atom. The van der Waals surface area contributed by atoms with Gasteiger partial charge in [-0.3, -0.25) is 4.79 Å². The van der Waals surface area contributed by atoms with E-state index < -0.39 is 6.29 Å². The first-order valence-electron chi connectivity index (χ1n) is 12.6. The fourth-order valence-electron chi connectivity index (χ4n) is 10.1. The first-order valence-corrected chi connectivity index (χ1v) is 12.6. The summed E-state index contributed by atoms with van der Waals surface area (Å²) < 4.78 is 11.9. The molecule has 0 amide bonds. The number of aliphatic hydroxyl groups is 1. The molecule has 1 aliphatic heterocycles. The van der Waals surface area contributed by atoms with Gasteiger partial charge in [-0.25, -0.2) is 0 Å². The van der Waals surface area contributed by atoms with Gasteiger partial charge < -0.3 is 14.6 Å². The normalized spacial score (nSPS) is 52.8. The zero-order chi connectivity index (χ0) is 22.4. The summed E-state index contributed by atoms with van der Waals surface area (Å²) in [4.78, 5) is 12.3. The summed E-state index contributed by atoms with van der Waals surface area (Å²) in [5.74, 6) is 1.39. The molecule has 0 spiro atoms. The Morgan fingerprint density at radius 1 is 1.06 bits per heavy atom. The van der Waals surface area contributed by atoms with Crippen LogP contribution in [-0.2, 0) is 14.3 Å². The maximum absolute atomic E-state index is 12.3. The zero-order valence-corrected chi connectivity index (χ0v) is 20.4. The van der Waals surface area contributed by atoms with Gasteiger partial charge in [-0.15, -0.1) is 0 Å². The van der Waals surface area contributed by atoms with E-state index in [4.69, 9.17) is 9.47 Å². The summed E-state index contributed by atoms with van der Waals surface area (Å²) in [6.07, 6.45) is 9.75. The fourth-order valence-corrected chi connectivity index (χ4v) is 10.1. The Balaban J connectivity index is 1.62. The third-order valence-corrected chi connectivity index (χ3v) is 11.2. The van der Waals surface area contributed by atoms with Crippen LogP contribution in [0.5, 0.6) is 0 Å². The van der Waals surface area contributed by atoms with Crippen LogP contribution in [0.15, 0.2) is 11.6 Å². The average Bonchev–Trinajstić information content (AvgIpc) is 3.04. The lowest BCUT2D eigenvalue weighted by Gasteiger charge is -2.70. The molecular weight excluding hydrogens is 388 g/mol. The molecule has 3 saturated carbocycles. The van der Waals surface area contributed by atoms with E-state index in [9.17, 15) is 9.90 Å². The standard InChI is InChI=1S/C27H42O4/c1-16(28)31-21-14-20-25(4)12-7-11-24(2,3)18(25)10-13-26(20,5)19-9-8-17-15-30-23(29)22(17)27(19,21)6/h8,18-23,29H,7,9-15H2,1-6H3/t18-,19-,20+,21+,22-,23+,25-,26-,27+/m0/s1. The first kappa shape index (κ1) is 21.9. The average molecular weight is 431 g/mol. The fraction of sp³-hybridized carbons (Fsp3) is 0.889. The van der Waals surface area contributed by atoms with E-state index >= 15 is 0 Å². The summed E-state index contributed by atoms with van der Waals surface area (Å²) >= 11 is 0. The van der Waals surface area contributed by atoms with Gasteiger partial charge in [0.25, 0.3) is 0 Å². The highest BCUT2D eigenvalue weighted by Gasteiger charge is 2.70. The van der Waals surface area contributed by atoms with Crippen molar-refractivity contribution in [2.45, 2.75) is 98.9 Å². The zero-order valence-electron chi connectivity index (χ0n) is 20.4. The highest BCUT2D eigenvalue weighted by molar-refractivity contribution is 5.66. The Hall–Kier alpha value is -0.870. The van der Waals surface area contributed by atoms with E-state index in [-0.39, 0.29) is 34.2 Å². The molecule has 174 valence electrons. The summed E-state index contributed by atoms with van der Waals surface area (Å²) in [5, 5.41) is 10.9. The number of carbonyl (C=O) groups is 1. The smallest absolute Gasteiger partial charge is 0.302 e. The van der Waals surface area contributed by atoms with E-state index in [0.717, 1.165) is 18.8 Å². The predicted octanol–water partition coefficient (Wildman–Crippen LogP) is 5.49. The number of fused-ring (bicyclic) bond motifs is 7. The van der Waals surface area contributed by atoms with Gasteiger partial charge in [-0.05, 0) is 78.1 Å². The maximum Gasteiger partial charge on any atom is 0.302 e. The largest absolute Gasteiger partial charge is 0.462 e. The van der Waals surface area contributed by atoms with Crippen LogP contribution < -0.4 is 0 Å². The van der Waals surface area contributed by atoms with E-state index in [0.29, 0.717) is 23.9 Å². The van der Waals surface area contributed by atoms with Gasteiger partial charge in [0, 0.05) is 18.3 Å². The van der Waals surface area contributed by atoms with E-state index in [1.165, 1.54) is 37.7 Å². The van der Waals surface area contributed by atoms with E-state index in [2.05, 4.69) is 40.7 Å². The molecule has 1 N–H and O–H groups in total. The van der Waals surface area contributed by atoms with Crippen molar-refractivity contribution in [1.29, 1.82) is 0 Å². The van der Waals surface area contributed by atoms with Crippen LogP contribution in [0.4, 0.5) is 0 Å². The molecule has 4 fully saturated rings. The highest BCUT2D eigenvalue weighted by Crippen LogP contribution is 2.73. The van der Waals surface area contributed by atoms with Crippen molar-refractivity contribution in [3.05, 3.63) is 11.6 Å². The highest BCUT2D eigenvalue weighted by atomic mass is 16.6. The van der Waals surface area contributed by atoms with Crippen LogP contribution in [0.1, 0.15) is 86.5 Å². The van der Waals surface area contributed by atoms with Crippen molar-refractivity contribution in [3.8, 4) is 0 Å². The van der Waals surface area contributed by atoms with E-state index in [1.807, 2.05) is 0 Å². The van der Waals surface area contributed by atoms with Crippen LogP contribution >= 0.6 is 0 Å². The van der Waals surface area contributed by atoms with Crippen LogP contribution in [0.3, 0.4) is 0 Å². The van der Waals surface area contributed by atoms with Crippen molar-refractivity contribution in [3.63, 3.8) is 0 Å². The van der Waals surface area contributed by atoms with Crippen molar-refractivity contribution in [1.82, 2.24) is 0 Å². The second-order valence-corrected chi connectivity index (χ2v) is 12.9. The Morgan fingerprint density at radius 3 is 2.48 bits per heavy atom. The maximum atomic E-state index is 12.3. The van der Waals surface area contributed by atoms with Crippen LogP contribution in [-0.4, -0.2) is 30.1 Å². The molecule has 1 heterocycles. The van der Waals surface area contributed by atoms with Gasteiger partial charge in [-0.2, -0.15) is 0 Å². The molecule has 0 aromatic carbocycles. The molecule has 31 heavy (non-hydrogen) atoms. The Labute approximate surface area is 188 Å². The van der Waals surface area contributed by atoms with Crippen molar-refractivity contribution >= 4 is 5.97 Å². The molecule has 9 atom stereocenters. The number of hydrogen-bond acceptors (Lipinski definition) is 4. The number of hydrogen-bond donors (Lipinski definition) is 1.